The minimum atomic E-state index is -0.482. The van der Waals surface area contributed by atoms with Gasteiger partial charge in [0.2, 0.25) is 11.8 Å². The van der Waals surface area contributed by atoms with E-state index < -0.39 is 5.92 Å². The van der Waals surface area contributed by atoms with Crippen LogP contribution in [0.3, 0.4) is 0 Å². The second kappa shape index (κ2) is 8.93. The number of rotatable bonds is 6. The van der Waals surface area contributed by atoms with Crippen molar-refractivity contribution in [2.24, 2.45) is 5.73 Å². The maximum Gasteiger partial charge on any atom is 0.244 e. The minimum absolute atomic E-state index is 0.0159. The molecule has 0 unspecified atom stereocenters. The van der Waals surface area contributed by atoms with E-state index in [1.165, 1.54) is 12.1 Å². The maximum absolute atomic E-state index is 13.2. The molecule has 2 heterocycles. The van der Waals surface area contributed by atoms with Gasteiger partial charge in [-0.2, -0.15) is 5.26 Å². The lowest BCUT2D eigenvalue weighted by molar-refractivity contribution is 0.267. The first-order valence-corrected chi connectivity index (χ1v) is 10.7. The zero-order valence-electron chi connectivity index (χ0n) is 17.4. The van der Waals surface area contributed by atoms with Gasteiger partial charge in [-0.3, -0.25) is 5.10 Å². The Morgan fingerprint density at radius 3 is 2.72 bits per heavy atom. The lowest BCUT2D eigenvalue weighted by Crippen LogP contribution is -2.21. The van der Waals surface area contributed by atoms with Crippen LogP contribution >= 0.6 is 15.9 Å². The smallest absolute Gasteiger partial charge is 0.244 e. The number of ether oxygens (including phenoxy) is 3. The lowest BCUT2D eigenvalue weighted by Gasteiger charge is -2.25. The molecular formula is C23H20BrFN4O3. The third-order valence-electron chi connectivity index (χ3n) is 5.09. The molecule has 0 aliphatic carbocycles. The first kappa shape index (κ1) is 21.7. The predicted octanol–water partition coefficient (Wildman–Crippen LogP) is 4.82. The average Bonchev–Trinajstić information content (AvgIpc) is 3.13. The Labute approximate surface area is 192 Å². The third kappa shape index (κ3) is 4.01. The Hall–Kier alpha value is -3.51. The SMILES string of the molecule is CCOc1cc([C@H]2C(C#N)=C(N)Oc3n[nH]c(C)c32)cc(Br)c1OCc1ccc(F)cc1. The Morgan fingerprint density at radius 2 is 2.03 bits per heavy atom. The number of hydrogen-bond donors (Lipinski definition) is 2. The summed E-state index contributed by atoms with van der Waals surface area (Å²) < 4.78 is 31.2. The molecule has 9 heteroatoms. The van der Waals surface area contributed by atoms with Crippen molar-refractivity contribution in [3.8, 4) is 23.4 Å². The van der Waals surface area contributed by atoms with E-state index in [1.807, 2.05) is 26.0 Å². The normalized spacial score (nSPS) is 15.0. The van der Waals surface area contributed by atoms with Crippen LogP contribution in [-0.2, 0) is 6.61 Å². The van der Waals surface area contributed by atoms with Gasteiger partial charge in [0.25, 0.3) is 0 Å². The maximum atomic E-state index is 13.2. The van der Waals surface area contributed by atoms with Crippen LogP contribution in [0.25, 0.3) is 0 Å². The summed E-state index contributed by atoms with van der Waals surface area (Å²) in [6.07, 6.45) is 0. The van der Waals surface area contributed by atoms with Gasteiger partial charge in [-0.05, 0) is 65.2 Å². The number of nitrogens with zero attached hydrogens (tertiary/aromatic N) is 2. The number of nitrogens with one attached hydrogen (secondary N) is 1. The standard InChI is InChI=1S/C23H20BrFN4O3/c1-3-30-18-9-14(8-17(24)21(18)31-11-13-4-6-15(25)7-5-13)20-16(10-26)22(27)32-23-19(20)12(2)28-29-23/h4-9,20H,3,11,27H2,1-2H3,(H,28,29)/t20-/m0/s1. The van der Waals surface area contributed by atoms with Gasteiger partial charge >= 0.3 is 0 Å². The molecule has 32 heavy (non-hydrogen) atoms. The number of halogens is 2. The zero-order valence-corrected chi connectivity index (χ0v) is 19.0. The van der Waals surface area contributed by atoms with Crippen molar-refractivity contribution in [3.05, 3.63) is 80.5 Å². The van der Waals surface area contributed by atoms with Crippen molar-refractivity contribution in [2.45, 2.75) is 26.4 Å². The van der Waals surface area contributed by atoms with E-state index in [2.05, 4.69) is 32.2 Å². The van der Waals surface area contributed by atoms with E-state index in [9.17, 15) is 9.65 Å². The van der Waals surface area contributed by atoms with E-state index in [4.69, 9.17) is 19.9 Å². The summed E-state index contributed by atoms with van der Waals surface area (Å²) >= 11 is 3.58. The van der Waals surface area contributed by atoms with Gasteiger partial charge in [-0.15, -0.1) is 5.10 Å². The number of nitriles is 1. The zero-order chi connectivity index (χ0) is 22.8. The van der Waals surface area contributed by atoms with Crippen molar-refractivity contribution in [2.75, 3.05) is 6.61 Å². The molecule has 1 atom stereocenters. The molecule has 3 aromatic rings. The molecule has 0 amide bonds. The molecule has 0 saturated carbocycles. The largest absolute Gasteiger partial charge is 0.490 e. The fourth-order valence-electron chi connectivity index (χ4n) is 3.63. The van der Waals surface area contributed by atoms with Gasteiger partial charge in [0, 0.05) is 11.3 Å². The van der Waals surface area contributed by atoms with Crippen molar-refractivity contribution in [1.29, 1.82) is 5.26 Å². The Bertz CT molecular complexity index is 1230. The molecule has 2 aromatic carbocycles. The highest BCUT2D eigenvalue weighted by molar-refractivity contribution is 9.10. The monoisotopic (exact) mass is 498 g/mol. The molecule has 1 aromatic heterocycles. The number of aromatic nitrogens is 2. The summed E-state index contributed by atoms with van der Waals surface area (Å²) in [6.45, 7) is 4.37. The van der Waals surface area contributed by atoms with Crippen LogP contribution in [0.1, 0.15) is 35.2 Å². The first-order chi connectivity index (χ1) is 15.4. The number of aryl methyl sites for hydroxylation is 1. The van der Waals surface area contributed by atoms with Crippen LogP contribution in [0.5, 0.6) is 17.4 Å². The van der Waals surface area contributed by atoms with Crippen LogP contribution < -0.4 is 19.9 Å². The molecule has 1 aliphatic heterocycles. The van der Waals surface area contributed by atoms with Crippen LogP contribution in [0.4, 0.5) is 4.39 Å². The van der Waals surface area contributed by atoms with Crippen molar-refractivity contribution < 1.29 is 18.6 Å². The summed E-state index contributed by atoms with van der Waals surface area (Å²) in [5.41, 5.74) is 9.40. The third-order valence-corrected chi connectivity index (χ3v) is 5.68. The topological polar surface area (TPSA) is 106 Å². The van der Waals surface area contributed by atoms with Crippen LogP contribution in [0, 0.1) is 24.1 Å². The number of benzene rings is 2. The molecular weight excluding hydrogens is 479 g/mol. The van der Waals surface area contributed by atoms with Gasteiger partial charge in [0.15, 0.2) is 11.5 Å². The van der Waals surface area contributed by atoms with Gasteiger partial charge in [0.1, 0.15) is 24.1 Å². The highest BCUT2D eigenvalue weighted by Gasteiger charge is 2.35. The van der Waals surface area contributed by atoms with E-state index in [0.29, 0.717) is 28.5 Å². The van der Waals surface area contributed by atoms with Crippen LogP contribution in [0.15, 0.2) is 52.3 Å². The quantitative estimate of drug-likeness (QED) is 0.504. The summed E-state index contributed by atoms with van der Waals surface area (Å²) in [6, 6.07) is 11.9. The predicted molar refractivity (Wildman–Crippen MR) is 119 cm³/mol. The van der Waals surface area contributed by atoms with E-state index in [0.717, 1.165) is 22.4 Å². The van der Waals surface area contributed by atoms with E-state index in [-0.39, 0.29) is 23.9 Å². The fourth-order valence-corrected chi connectivity index (χ4v) is 4.20. The van der Waals surface area contributed by atoms with Crippen molar-refractivity contribution in [3.63, 3.8) is 0 Å². The minimum Gasteiger partial charge on any atom is -0.490 e. The highest BCUT2D eigenvalue weighted by Crippen LogP contribution is 2.46. The van der Waals surface area contributed by atoms with E-state index >= 15 is 0 Å². The Balaban J connectivity index is 1.75. The van der Waals surface area contributed by atoms with Crippen LogP contribution in [-0.4, -0.2) is 16.8 Å². The summed E-state index contributed by atoms with van der Waals surface area (Å²) in [4.78, 5) is 0. The molecule has 164 valence electrons. The molecule has 4 rings (SSSR count). The van der Waals surface area contributed by atoms with Crippen molar-refractivity contribution >= 4 is 15.9 Å². The number of nitrogens with two attached hydrogens (primary N) is 1. The number of hydrogen-bond acceptors (Lipinski definition) is 6. The molecule has 7 nitrogen and oxygen atoms in total. The van der Waals surface area contributed by atoms with E-state index in [1.54, 1.807) is 12.1 Å². The number of aromatic amines is 1. The van der Waals surface area contributed by atoms with Gasteiger partial charge in [-0.25, -0.2) is 4.39 Å². The highest BCUT2D eigenvalue weighted by atomic mass is 79.9. The molecule has 0 saturated heterocycles. The summed E-state index contributed by atoms with van der Waals surface area (Å²) in [5, 5.41) is 16.8. The Morgan fingerprint density at radius 1 is 1.28 bits per heavy atom. The molecule has 0 spiro atoms. The fraction of sp³-hybridized carbons (Fsp3) is 0.217. The van der Waals surface area contributed by atoms with Gasteiger partial charge in [-0.1, -0.05) is 12.1 Å². The summed E-state index contributed by atoms with van der Waals surface area (Å²) in [5.74, 6) is 0.581. The van der Waals surface area contributed by atoms with Gasteiger partial charge < -0.3 is 19.9 Å². The number of fused-ring (bicyclic) bond motifs is 1. The molecule has 0 radical (unpaired) electrons. The lowest BCUT2D eigenvalue weighted by atomic mass is 9.84. The molecule has 3 N–H and O–H groups in total. The number of H-pyrrole nitrogens is 1. The molecule has 1 aliphatic rings. The second-order valence-corrected chi connectivity index (χ2v) is 8.02. The number of allylic oxidation sites excluding steroid dienone is 1. The molecule has 0 bridgehead atoms. The Kier molecular flexibility index (Phi) is 6.06. The summed E-state index contributed by atoms with van der Waals surface area (Å²) in [7, 11) is 0. The van der Waals surface area contributed by atoms with Gasteiger partial charge in [0.05, 0.1) is 17.0 Å². The average molecular weight is 499 g/mol. The second-order valence-electron chi connectivity index (χ2n) is 7.17. The first-order valence-electron chi connectivity index (χ1n) is 9.88. The van der Waals surface area contributed by atoms with Crippen LogP contribution in [0.2, 0.25) is 0 Å². The molecule has 0 fully saturated rings. The van der Waals surface area contributed by atoms with Crippen molar-refractivity contribution in [1.82, 2.24) is 10.2 Å².